The molecule has 8 nitrogen and oxygen atoms in total. The highest BCUT2D eigenvalue weighted by atomic mass is 32.1. The smallest absolute Gasteiger partial charge is 0.123 e. The number of nitrogens with one attached hydrogen (secondary N) is 1. The van der Waals surface area contributed by atoms with Gasteiger partial charge >= 0.3 is 0 Å². The molecule has 0 amide bonds. The fraction of sp³-hybridized carbons (Fsp3) is 0.287. The Morgan fingerprint density at radius 3 is 0.822 bits per heavy atom. The third-order valence-electron chi connectivity index (χ3n) is 25.3. The number of aliphatic hydroxyl groups is 1. The van der Waals surface area contributed by atoms with Gasteiger partial charge in [0.1, 0.15) is 29.1 Å². The molecular weight excluding hydrogens is 1620 g/mol. The molecule has 2 heterocycles. The van der Waals surface area contributed by atoms with Crippen molar-refractivity contribution in [2.45, 2.75) is 159 Å². The van der Waals surface area contributed by atoms with Gasteiger partial charge < -0.3 is 44.8 Å². The molecule has 676 valence electrons. The van der Waals surface area contributed by atoms with Gasteiger partial charge in [-0.3, -0.25) is 0 Å². The van der Waals surface area contributed by atoms with E-state index in [1.165, 1.54) is 104 Å². The van der Waals surface area contributed by atoms with Crippen molar-refractivity contribution >= 4 is 11.3 Å². The van der Waals surface area contributed by atoms with Gasteiger partial charge in [-0.05, 0) is 241 Å². The molecule has 1 fully saturated rings. The number of β-amino-alcohol motifs (C(OH)–C–C–N with tert-alkyl or cyclic N) is 1. The molecule has 14 N–H and O–H groups in total. The van der Waals surface area contributed by atoms with Crippen molar-refractivity contribution in [2.24, 2.45) is 58.1 Å². The molecule has 0 radical (unpaired) electrons. The van der Waals surface area contributed by atoms with E-state index in [0.29, 0.717) is 97.5 Å². The van der Waals surface area contributed by atoms with Gasteiger partial charge in [0.2, 0.25) is 0 Å². The molecule has 1 aromatic heterocycles. The molecule has 1 aliphatic rings. The lowest BCUT2D eigenvalue weighted by Gasteiger charge is -2.34. The third kappa shape index (κ3) is 30.0. The monoisotopic (exact) mass is 1760 g/mol. The van der Waals surface area contributed by atoms with Crippen LogP contribution < -0.4 is 39.7 Å². The van der Waals surface area contributed by atoms with Gasteiger partial charge in [0.25, 0.3) is 0 Å². The molecule has 0 spiro atoms. The Bertz CT molecular complexity index is 4790. The minimum absolute atomic E-state index is 0.176. The first-order valence-corrected chi connectivity index (χ1v) is 46.3. The summed E-state index contributed by atoms with van der Waals surface area (Å²) >= 11 is 1.69. The lowest BCUT2D eigenvalue weighted by atomic mass is 9.70. The maximum atomic E-state index is 13.6. The molecule has 15 rings (SSSR count). The average molecular weight is 1760 g/mol. The molecule has 1 aliphatic heterocycles. The number of benzene rings is 13. The Hall–Kier alpha value is -11.1. The van der Waals surface area contributed by atoms with Crippen LogP contribution >= 0.6 is 11.3 Å². The largest absolute Gasteiger partial charge is 0.388 e. The second-order valence-corrected chi connectivity index (χ2v) is 35.3. The Labute approximate surface area is 769 Å². The molecule has 13 aromatic carbocycles. The molecule has 129 heavy (non-hydrogen) atoms. The van der Waals surface area contributed by atoms with Crippen molar-refractivity contribution in [3.05, 3.63) is 488 Å². The van der Waals surface area contributed by atoms with Crippen molar-refractivity contribution in [3.8, 4) is 0 Å². The summed E-state index contributed by atoms with van der Waals surface area (Å²) in [5.74, 6) is 1.42. The highest BCUT2D eigenvalue weighted by Gasteiger charge is 2.42. The lowest BCUT2D eigenvalue weighted by molar-refractivity contribution is 0.0441. The number of hydrogen-bond donors (Lipinski definition) is 8. The van der Waals surface area contributed by atoms with Gasteiger partial charge in [0.15, 0.2) is 0 Å². The van der Waals surface area contributed by atoms with Gasteiger partial charge in [0.05, 0.1) is 5.60 Å². The Kier molecular flexibility index (Phi) is 41.4. The number of nitrogens with two attached hydrogens (primary N) is 6. The number of halogens is 5. The maximum Gasteiger partial charge on any atom is 0.123 e. The molecule has 0 bridgehead atoms. The van der Waals surface area contributed by atoms with Crippen LogP contribution in [0.4, 0.5) is 22.0 Å². The first-order chi connectivity index (χ1) is 62.3. The molecule has 0 saturated carbocycles. The van der Waals surface area contributed by atoms with Crippen LogP contribution in [-0.4, -0.2) is 61.1 Å². The van der Waals surface area contributed by atoms with Crippen molar-refractivity contribution in [1.29, 1.82) is 0 Å². The second kappa shape index (κ2) is 52.5. The van der Waals surface area contributed by atoms with E-state index < -0.39 is 16.9 Å². The molecule has 14 aromatic rings. The zero-order valence-corrected chi connectivity index (χ0v) is 77.1. The van der Waals surface area contributed by atoms with Gasteiger partial charge in [-0.1, -0.05) is 344 Å². The minimum Gasteiger partial charge on any atom is -0.388 e. The number of rotatable bonds is 28. The van der Waals surface area contributed by atoms with Crippen molar-refractivity contribution < 1.29 is 27.1 Å². The summed E-state index contributed by atoms with van der Waals surface area (Å²) in [6.45, 7) is 21.5. The Balaban J connectivity index is 0.000000170. The van der Waals surface area contributed by atoms with Gasteiger partial charge in [-0.25, -0.2) is 22.0 Å². The van der Waals surface area contributed by atoms with Gasteiger partial charge in [-0.2, -0.15) is 0 Å². The van der Waals surface area contributed by atoms with E-state index in [-0.39, 0.29) is 59.2 Å². The minimum atomic E-state index is -1.04. The zero-order chi connectivity index (χ0) is 92.7. The van der Waals surface area contributed by atoms with Gasteiger partial charge in [0, 0.05) is 76.5 Å². The molecular formula is C115H134F5N7OS. The predicted molar refractivity (Wildman–Crippen MR) is 531 cm³/mol. The number of hydrogen-bond acceptors (Lipinski definition) is 9. The molecule has 2 unspecified atom stereocenters. The van der Waals surface area contributed by atoms with E-state index in [0.717, 1.165) is 29.5 Å². The fourth-order valence-corrected chi connectivity index (χ4v) is 18.4. The van der Waals surface area contributed by atoms with E-state index >= 15 is 0 Å². The lowest BCUT2D eigenvalue weighted by Crippen LogP contribution is -2.39. The Morgan fingerprint density at radius 1 is 0.333 bits per heavy atom. The standard InChI is InChI=1S/C17H17F2NO.C17H19F2N.4C17H21N.C13H14FNS/c18-14-5-1-3-12(9-14)16(17(21)7-8-20-11-17)13-4-2-6-15(19)10-13;1-2-17(9-10-20,13-5-3-7-15(18)11-13)14-6-4-8-16(19)12-14;4*1-13(14(2)18)17(15-9-5-3-6-10-15)16-11-7-4-8-12-16;14-11-4-1-3-10(9-11)12(6-7-15)13-5-2-8-16-13/h1-6,9-10,16,20-21H,7-8,11H2;3-8,11-12H,2,9-10,20H2,1H3;4*3-14,17H,18H2,1-2H3;1-5,8-9,12H,6-7,15H2/t;;2*13-,14+;2*13-,14-;/m..1010./s1. The molecule has 1 saturated heterocycles. The average Bonchev–Trinajstić information content (AvgIpc) is 1.59. The van der Waals surface area contributed by atoms with Crippen LogP contribution in [0, 0.1) is 52.8 Å². The predicted octanol–water partition coefficient (Wildman–Crippen LogP) is 25.4. The number of thiophene rings is 1. The summed E-state index contributed by atoms with van der Waals surface area (Å²) in [5, 5.41) is 16.1. The molecule has 0 aliphatic carbocycles. The van der Waals surface area contributed by atoms with Crippen LogP contribution in [-0.2, 0) is 5.41 Å². The summed E-state index contributed by atoms with van der Waals surface area (Å²) in [6.07, 6.45) is 2.78. The first kappa shape index (κ1) is 102. The van der Waals surface area contributed by atoms with Crippen LogP contribution in [0.25, 0.3) is 0 Å². The van der Waals surface area contributed by atoms with Crippen LogP contribution in [0.5, 0.6) is 0 Å². The van der Waals surface area contributed by atoms with E-state index in [9.17, 15) is 27.1 Å². The summed E-state index contributed by atoms with van der Waals surface area (Å²) in [6, 6.07) is 122. The van der Waals surface area contributed by atoms with Crippen molar-refractivity contribution in [2.75, 3.05) is 26.2 Å². The molecule has 14 heteroatoms. The van der Waals surface area contributed by atoms with E-state index in [1.807, 2.05) is 36.6 Å². The van der Waals surface area contributed by atoms with Crippen LogP contribution in [0.15, 0.2) is 381 Å². The summed E-state index contributed by atoms with van der Waals surface area (Å²) in [4.78, 5) is 1.25. The van der Waals surface area contributed by atoms with Crippen molar-refractivity contribution in [1.82, 2.24) is 5.32 Å². The van der Waals surface area contributed by atoms with Crippen LogP contribution in [0.3, 0.4) is 0 Å². The summed E-state index contributed by atoms with van der Waals surface area (Å²) in [7, 11) is 0. The van der Waals surface area contributed by atoms with Crippen molar-refractivity contribution in [3.63, 3.8) is 0 Å². The second-order valence-electron chi connectivity index (χ2n) is 34.3. The molecule has 10 atom stereocenters. The fourth-order valence-electron chi connectivity index (χ4n) is 17.5. The quantitative estimate of drug-likeness (QED) is 0.0222. The SMILES string of the molecule is CCC(CCN)(c1cccc(F)c1)c1cccc(F)c1.C[C@@H](N)[C@@H](C)C(c1ccccc1)c1ccccc1.C[C@H](C(c1ccccc1)c1ccccc1)[C@@H](C)N.C[C@H](N)[C@@H](C)C(c1ccccc1)c1ccccc1.C[C@H](N)[C@H](C)C(c1ccccc1)c1ccccc1.NCCC(c1cccc(F)c1)c1cccs1.OC1(C(c2cccc(F)c2)c2cccc(F)c2)CCNC1. The topological polar surface area (TPSA) is 188 Å². The van der Waals surface area contributed by atoms with Gasteiger partial charge in [-0.15, -0.1) is 11.3 Å². The summed E-state index contributed by atoms with van der Waals surface area (Å²) < 4.78 is 67.4. The maximum absolute atomic E-state index is 13.6. The third-order valence-corrected chi connectivity index (χ3v) is 26.3. The highest BCUT2D eigenvalue weighted by molar-refractivity contribution is 7.10. The van der Waals surface area contributed by atoms with E-state index in [1.54, 1.807) is 59.9 Å². The highest BCUT2D eigenvalue weighted by Crippen LogP contribution is 2.43. The summed E-state index contributed by atoms with van der Waals surface area (Å²) in [5.41, 5.74) is 49.1. The van der Waals surface area contributed by atoms with E-state index in [2.05, 4.69) is 309 Å². The van der Waals surface area contributed by atoms with E-state index in [4.69, 9.17) is 34.4 Å². The normalized spacial score (nSPS) is 15.0. The van der Waals surface area contributed by atoms with Crippen LogP contribution in [0.2, 0.25) is 0 Å². The Morgan fingerprint density at radius 2 is 0.597 bits per heavy atom. The van der Waals surface area contributed by atoms with Crippen LogP contribution in [0.1, 0.15) is 201 Å². The zero-order valence-electron chi connectivity index (χ0n) is 76.3. The first-order valence-electron chi connectivity index (χ1n) is 45.4.